The van der Waals surface area contributed by atoms with Crippen molar-refractivity contribution in [1.29, 1.82) is 5.26 Å². The summed E-state index contributed by atoms with van der Waals surface area (Å²) in [6.07, 6.45) is 3.21. The van der Waals surface area contributed by atoms with Gasteiger partial charge in [0.2, 0.25) is 5.95 Å². The number of rotatable bonds is 9. The number of hydrogen-bond donors (Lipinski definition) is 3. The molecule has 3 N–H and O–H groups in total. The van der Waals surface area contributed by atoms with Crippen molar-refractivity contribution in [1.82, 2.24) is 25.1 Å². The first kappa shape index (κ1) is 33.6. The van der Waals surface area contributed by atoms with Crippen molar-refractivity contribution in [3.05, 3.63) is 47.3 Å². The van der Waals surface area contributed by atoms with E-state index >= 15 is 0 Å². The van der Waals surface area contributed by atoms with Crippen molar-refractivity contribution in [3.63, 3.8) is 0 Å². The third-order valence-electron chi connectivity index (χ3n) is 9.56. The molecular weight excluding hydrogens is 599 g/mol. The zero-order valence-electron chi connectivity index (χ0n) is 28.1. The molecule has 0 spiro atoms. The lowest BCUT2D eigenvalue weighted by atomic mass is 9.83. The standard InChI is InChI=1S/C32H45BN8O4Si/c1-31(2,3)46(7,8)45-20-32(4)19-41(33(5)43)28-22(18-34)15-21(16-24(28)32)25-9-12-35-30(37-25)38-27-17-26(39-40(27)6)29(42)36-23-10-13-44-14-11-23/h9,12,15-17,23,43H,10-11,13-14,19-20H2,1-8H3,(H,36,42)(H,35,37,38). The smallest absolute Gasteiger partial charge is 0.409 e. The molecule has 0 aliphatic carbocycles. The summed E-state index contributed by atoms with van der Waals surface area (Å²) in [7, 11) is -1.09. The molecular formula is C32H45BN8O4Si. The summed E-state index contributed by atoms with van der Waals surface area (Å²) >= 11 is 0. The topological polar surface area (TPSA) is 150 Å². The Morgan fingerprint density at radius 3 is 2.65 bits per heavy atom. The summed E-state index contributed by atoms with van der Waals surface area (Å²) in [5.74, 6) is 0.647. The summed E-state index contributed by atoms with van der Waals surface area (Å²) < 4.78 is 13.7. The van der Waals surface area contributed by atoms with Gasteiger partial charge in [-0.2, -0.15) is 10.4 Å². The van der Waals surface area contributed by atoms with Gasteiger partial charge in [-0.1, -0.05) is 27.7 Å². The van der Waals surface area contributed by atoms with Gasteiger partial charge in [-0.25, -0.2) is 9.97 Å². The van der Waals surface area contributed by atoms with Gasteiger partial charge in [0.25, 0.3) is 5.91 Å². The van der Waals surface area contributed by atoms with Crippen molar-refractivity contribution in [2.75, 3.05) is 36.5 Å². The number of nitriles is 1. The minimum Gasteiger partial charge on any atom is -0.432 e. The molecule has 0 radical (unpaired) electrons. The Morgan fingerprint density at radius 2 is 2.00 bits per heavy atom. The van der Waals surface area contributed by atoms with Crippen molar-refractivity contribution >= 4 is 38.7 Å². The molecule has 1 saturated heterocycles. The monoisotopic (exact) mass is 644 g/mol. The molecule has 0 bridgehead atoms. The summed E-state index contributed by atoms with van der Waals surface area (Å²) in [5, 5.41) is 31.6. The molecule has 2 aliphatic heterocycles. The van der Waals surface area contributed by atoms with Crippen LogP contribution in [0.4, 0.5) is 17.5 Å². The third kappa shape index (κ3) is 6.83. The number of aromatic nitrogens is 4. The Kier molecular flexibility index (Phi) is 9.34. The first-order valence-electron chi connectivity index (χ1n) is 15.8. The number of carbonyl (C=O) groups excluding carboxylic acids is 1. The van der Waals surface area contributed by atoms with E-state index < -0.39 is 20.8 Å². The maximum Gasteiger partial charge on any atom is 0.409 e. The molecule has 46 heavy (non-hydrogen) atoms. The zero-order valence-corrected chi connectivity index (χ0v) is 29.1. The fraction of sp³-hybridized carbons (Fsp3) is 0.531. The predicted molar refractivity (Wildman–Crippen MR) is 182 cm³/mol. The Balaban J connectivity index is 1.43. The van der Waals surface area contributed by atoms with Crippen molar-refractivity contribution in [2.45, 2.75) is 76.9 Å². The second-order valence-corrected chi connectivity index (χ2v) is 19.0. The number of hydrogen-bond acceptors (Lipinski definition) is 10. The van der Waals surface area contributed by atoms with E-state index in [2.05, 4.69) is 73.6 Å². The van der Waals surface area contributed by atoms with Gasteiger partial charge in [0, 0.05) is 68.4 Å². The Morgan fingerprint density at radius 1 is 1.28 bits per heavy atom. The lowest BCUT2D eigenvalue weighted by Crippen LogP contribution is -2.47. The van der Waals surface area contributed by atoms with E-state index in [0.717, 1.165) is 29.7 Å². The van der Waals surface area contributed by atoms with Gasteiger partial charge in [-0.05, 0) is 61.6 Å². The lowest BCUT2D eigenvalue weighted by Gasteiger charge is -2.39. The molecule has 2 aromatic heterocycles. The molecule has 5 rings (SSSR count). The normalized spacial score (nSPS) is 18.7. The molecule has 1 amide bonds. The molecule has 3 aromatic rings. The van der Waals surface area contributed by atoms with Gasteiger partial charge in [0.15, 0.2) is 14.0 Å². The van der Waals surface area contributed by atoms with Crippen molar-refractivity contribution < 1.29 is 19.0 Å². The predicted octanol–water partition coefficient (Wildman–Crippen LogP) is 4.61. The van der Waals surface area contributed by atoms with Crippen LogP contribution in [-0.4, -0.2) is 78.5 Å². The van der Waals surface area contributed by atoms with E-state index in [1.165, 1.54) is 0 Å². The van der Waals surface area contributed by atoms with Crippen LogP contribution >= 0.6 is 0 Å². The number of aryl methyl sites for hydroxylation is 1. The molecule has 14 heteroatoms. The molecule has 2 aliphatic rings. The Labute approximate surface area is 272 Å². The van der Waals surface area contributed by atoms with E-state index in [1.54, 1.807) is 36.9 Å². The van der Waals surface area contributed by atoms with Gasteiger partial charge < -0.3 is 29.6 Å². The third-order valence-corrected chi connectivity index (χ3v) is 14.0. The average molecular weight is 645 g/mol. The summed E-state index contributed by atoms with van der Waals surface area (Å²) in [6.45, 7) is 17.2. The van der Waals surface area contributed by atoms with Crippen LogP contribution in [-0.2, 0) is 21.6 Å². The molecule has 1 atom stereocenters. The molecule has 12 nitrogen and oxygen atoms in total. The number of nitrogens with zero attached hydrogens (tertiary/aromatic N) is 6. The minimum atomic E-state index is -2.07. The highest BCUT2D eigenvalue weighted by molar-refractivity contribution is 6.74. The summed E-state index contributed by atoms with van der Waals surface area (Å²) in [6, 6.07) is 9.77. The number of anilines is 3. The highest BCUT2D eigenvalue weighted by atomic mass is 28.4. The quantitative estimate of drug-likeness (QED) is 0.282. The number of carbonyl (C=O) groups is 1. The van der Waals surface area contributed by atoms with E-state index in [1.807, 2.05) is 10.9 Å². The number of benzene rings is 1. The molecule has 1 fully saturated rings. The van der Waals surface area contributed by atoms with Gasteiger partial charge >= 0.3 is 7.05 Å². The molecule has 4 heterocycles. The van der Waals surface area contributed by atoms with Crippen LogP contribution in [0.25, 0.3) is 11.3 Å². The fourth-order valence-corrected chi connectivity index (χ4v) is 6.78. The second kappa shape index (κ2) is 12.8. The van der Waals surface area contributed by atoms with Crippen LogP contribution < -0.4 is 15.4 Å². The van der Waals surface area contributed by atoms with Gasteiger partial charge in [-0.15, -0.1) is 0 Å². The Hall–Kier alpha value is -3.77. The summed E-state index contributed by atoms with van der Waals surface area (Å²) in [4.78, 5) is 23.9. The second-order valence-electron chi connectivity index (χ2n) is 14.2. The van der Waals surface area contributed by atoms with Crippen LogP contribution in [0.15, 0.2) is 30.5 Å². The van der Waals surface area contributed by atoms with Crippen molar-refractivity contribution in [2.24, 2.45) is 7.05 Å². The number of nitrogens with one attached hydrogen (secondary N) is 2. The van der Waals surface area contributed by atoms with Crippen LogP contribution in [0, 0.1) is 11.3 Å². The summed E-state index contributed by atoms with van der Waals surface area (Å²) in [5.41, 5.74) is 3.36. The molecule has 1 unspecified atom stereocenters. The maximum atomic E-state index is 12.9. The van der Waals surface area contributed by atoms with E-state index in [9.17, 15) is 15.1 Å². The van der Waals surface area contributed by atoms with E-state index in [0.29, 0.717) is 55.1 Å². The van der Waals surface area contributed by atoms with Crippen LogP contribution in [0.5, 0.6) is 0 Å². The number of ether oxygens (including phenoxy) is 1. The van der Waals surface area contributed by atoms with Gasteiger partial charge in [0.1, 0.15) is 11.9 Å². The molecule has 0 saturated carbocycles. The van der Waals surface area contributed by atoms with Crippen molar-refractivity contribution in [3.8, 4) is 17.3 Å². The number of fused-ring (bicyclic) bond motifs is 1. The first-order valence-corrected chi connectivity index (χ1v) is 18.7. The maximum absolute atomic E-state index is 12.9. The minimum absolute atomic E-state index is 0.0437. The van der Waals surface area contributed by atoms with Crippen LogP contribution in [0.3, 0.4) is 0 Å². The van der Waals surface area contributed by atoms with Gasteiger partial charge in [0.05, 0.1) is 11.3 Å². The Bertz CT molecular complexity index is 1640. The van der Waals surface area contributed by atoms with Crippen LogP contribution in [0.2, 0.25) is 25.0 Å². The molecule has 1 aromatic carbocycles. The van der Waals surface area contributed by atoms with Gasteiger partial charge in [-0.3, -0.25) is 9.48 Å². The first-order chi connectivity index (χ1) is 21.6. The highest BCUT2D eigenvalue weighted by Crippen LogP contribution is 2.47. The van der Waals surface area contributed by atoms with E-state index in [-0.39, 0.29) is 17.0 Å². The largest absolute Gasteiger partial charge is 0.432 e. The zero-order chi connectivity index (χ0) is 33.4. The van der Waals surface area contributed by atoms with Crippen LogP contribution in [0.1, 0.15) is 62.2 Å². The number of amides is 1. The van der Waals surface area contributed by atoms with E-state index in [4.69, 9.17) is 14.1 Å². The lowest BCUT2D eigenvalue weighted by molar-refractivity contribution is 0.0694. The highest BCUT2D eigenvalue weighted by Gasteiger charge is 2.46. The average Bonchev–Trinajstić information content (AvgIpc) is 3.53. The fourth-order valence-electron chi connectivity index (χ4n) is 5.67. The SMILES string of the molecule is CB(O)N1CC(C)(CO[Si](C)(C)C(C)(C)C)c2cc(-c3ccnc(Nc4cc(C(=O)NC5CCOCC5)nn4C)n3)cc(C#N)c21. The molecule has 244 valence electrons.